The van der Waals surface area contributed by atoms with E-state index >= 15 is 0 Å². The van der Waals surface area contributed by atoms with Gasteiger partial charge < -0.3 is 33.8 Å². The molecule has 0 heterocycles. The number of esters is 4. The molecule has 0 aromatic carbocycles. The molecule has 0 aliphatic heterocycles. The molecule has 2 unspecified atom stereocenters. The summed E-state index contributed by atoms with van der Waals surface area (Å²) in [5, 5.41) is 10.5. The Kier molecular flexibility index (Phi) is 64.0. The van der Waals surface area contributed by atoms with E-state index in [0.717, 1.165) is 115 Å². The van der Waals surface area contributed by atoms with Gasteiger partial charge in [-0.05, 0) is 31.6 Å². The molecule has 0 fully saturated rings. The first-order chi connectivity index (χ1) is 44.0. The van der Waals surface area contributed by atoms with Crippen LogP contribution in [0, 0.1) is 5.92 Å². The second-order valence-corrected chi connectivity index (χ2v) is 29.4. The second-order valence-electron chi connectivity index (χ2n) is 26.5. The first-order valence-electron chi connectivity index (χ1n) is 37.6. The third-order valence-electron chi connectivity index (χ3n) is 16.8. The van der Waals surface area contributed by atoms with Gasteiger partial charge in [-0.3, -0.25) is 37.3 Å². The lowest BCUT2D eigenvalue weighted by atomic mass is 10.0. The maximum atomic E-state index is 13.1. The number of carbonyl (C=O) groups is 4. The number of hydrogen-bond donors (Lipinski definition) is 3. The van der Waals surface area contributed by atoms with Crippen molar-refractivity contribution < 1.29 is 80.2 Å². The van der Waals surface area contributed by atoms with Crippen molar-refractivity contribution in [2.24, 2.45) is 5.92 Å². The molecular weight excluding hydrogens is 1200 g/mol. The van der Waals surface area contributed by atoms with Crippen LogP contribution in [0.2, 0.25) is 0 Å². The number of carbonyl (C=O) groups excluding carboxylic acids is 4. The lowest BCUT2D eigenvalue weighted by Crippen LogP contribution is -2.30. The van der Waals surface area contributed by atoms with Crippen LogP contribution in [0.1, 0.15) is 375 Å². The maximum Gasteiger partial charge on any atom is 0.472 e. The number of unbranched alkanes of at least 4 members (excludes halogenated alkanes) is 44. The van der Waals surface area contributed by atoms with Crippen molar-refractivity contribution in [3.63, 3.8) is 0 Å². The van der Waals surface area contributed by atoms with E-state index < -0.39 is 97.5 Å². The zero-order valence-electron chi connectivity index (χ0n) is 59.0. The quantitative estimate of drug-likeness (QED) is 0.0222. The predicted molar refractivity (Wildman–Crippen MR) is 368 cm³/mol. The van der Waals surface area contributed by atoms with Gasteiger partial charge >= 0.3 is 39.5 Å². The minimum absolute atomic E-state index is 0.103. The predicted octanol–water partition coefficient (Wildman–Crippen LogP) is 20.9. The highest BCUT2D eigenvalue weighted by Crippen LogP contribution is 2.45. The number of hydrogen-bond acceptors (Lipinski definition) is 15. The van der Waals surface area contributed by atoms with E-state index in [1.54, 1.807) is 0 Å². The second kappa shape index (κ2) is 65.4. The van der Waals surface area contributed by atoms with Crippen molar-refractivity contribution >= 4 is 39.5 Å². The molecule has 91 heavy (non-hydrogen) atoms. The van der Waals surface area contributed by atoms with E-state index in [1.807, 2.05) is 0 Å². The van der Waals surface area contributed by atoms with Gasteiger partial charge in [0.05, 0.1) is 26.4 Å². The molecule has 0 bridgehead atoms. The summed E-state index contributed by atoms with van der Waals surface area (Å²) in [5.41, 5.74) is 0. The number of aliphatic hydroxyl groups excluding tert-OH is 1. The summed E-state index contributed by atoms with van der Waals surface area (Å²) in [6, 6.07) is 0. The molecule has 0 rings (SSSR count). The van der Waals surface area contributed by atoms with Crippen molar-refractivity contribution in [3.8, 4) is 0 Å². The zero-order chi connectivity index (χ0) is 67.0. The SMILES string of the molecule is CCCCCCCCCCCCCCCCCCCCC(=O)OC[C@H](COP(=O)(O)OC[C@@H](O)COP(=O)(O)OC[C@@H](COC(=O)CCCCCCC)OC(=O)CCCCCCCCC)OC(=O)CCCCCCCCCCCCCCCCCCCCC(C)C. The highest BCUT2D eigenvalue weighted by atomic mass is 31.2. The topological polar surface area (TPSA) is 237 Å². The van der Waals surface area contributed by atoms with E-state index in [9.17, 15) is 43.2 Å². The molecule has 0 radical (unpaired) electrons. The molecule has 3 N–H and O–H groups in total. The standard InChI is InChI=1S/C72H140O17P2/c1-6-9-12-15-17-18-19-20-21-22-26-29-32-35-38-42-46-51-56-70(75)83-62-68(89-72(77)58-53-48-43-39-36-33-30-27-24-23-25-28-31-34-37-41-45-49-54-65(4)5)64-87-91(80,81)85-60-66(73)59-84-90(78,79)86-63-67(61-82-69(74)55-50-44-14-11-8-3)88-71(76)57-52-47-40-16-13-10-7-2/h65-68,73H,6-64H2,1-5H3,(H,78,79)(H,80,81)/t66-,67+,68+/m0/s1. The van der Waals surface area contributed by atoms with Crippen molar-refractivity contribution in [1.29, 1.82) is 0 Å². The summed E-state index contributed by atoms with van der Waals surface area (Å²) in [5.74, 6) is -1.32. The Morgan fingerprint density at radius 3 is 0.747 bits per heavy atom. The Labute approximate surface area is 556 Å². The summed E-state index contributed by atoms with van der Waals surface area (Å²) >= 11 is 0. The fourth-order valence-corrected chi connectivity index (χ4v) is 12.6. The average molecular weight is 1340 g/mol. The molecule has 0 saturated heterocycles. The van der Waals surface area contributed by atoms with Gasteiger partial charge in [-0.25, -0.2) is 9.13 Å². The summed E-state index contributed by atoms with van der Waals surface area (Å²) < 4.78 is 68.0. The minimum Gasteiger partial charge on any atom is -0.462 e. The van der Waals surface area contributed by atoms with Crippen LogP contribution in [0.3, 0.4) is 0 Å². The Morgan fingerprint density at radius 1 is 0.297 bits per heavy atom. The van der Waals surface area contributed by atoms with Crippen LogP contribution in [0.5, 0.6) is 0 Å². The molecule has 0 aliphatic rings. The van der Waals surface area contributed by atoms with Gasteiger partial charge in [0, 0.05) is 25.7 Å². The van der Waals surface area contributed by atoms with Crippen molar-refractivity contribution in [1.82, 2.24) is 0 Å². The van der Waals surface area contributed by atoms with Crippen molar-refractivity contribution in [2.45, 2.75) is 393 Å². The smallest absolute Gasteiger partial charge is 0.462 e. The fraction of sp³-hybridized carbons (Fsp3) is 0.944. The molecule has 0 amide bonds. The van der Waals surface area contributed by atoms with E-state index in [-0.39, 0.29) is 25.7 Å². The van der Waals surface area contributed by atoms with Crippen LogP contribution in [-0.4, -0.2) is 96.7 Å². The largest absolute Gasteiger partial charge is 0.472 e. The lowest BCUT2D eigenvalue weighted by molar-refractivity contribution is -0.161. The summed E-state index contributed by atoms with van der Waals surface area (Å²) in [7, 11) is -9.88. The van der Waals surface area contributed by atoms with E-state index in [4.69, 9.17) is 37.0 Å². The van der Waals surface area contributed by atoms with E-state index in [1.165, 1.54) is 180 Å². The van der Waals surface area contributed by atoms with Crippen LogP contribution < -0.4 is 0 Å². The van der Waals surface area contributed by atoms with Crippen molar-refractivity contribution in [3.05, 3.63) is 0 Å². The molecule has 19 heteroatoms. The molecular formula is C72H140O17P2. The highest BCUT2D eigenvalue weighted by molar-refractivity contribution is 7.47. The molecule has 0 aromatic heterocycles. The number of aliphatic hydroxyl groups is 1. The van der Waals surface area contributed by atoms with E-state index in [2.05, 4.69) is 34.6 Å². The zero-order valence-corrected chi connectivity index (χ0v) is 60.8. The van der Waals surface area contributed by atoms with Crippen molar-refractivity contribution in [2.75, 3.05) is 39.6 Å². The van der Waals surface area contributed by atoms with Crippen LogP contribution in [0.15, 0.2) is 0 Å². The number of ether oxygens (including phenoxy) is 4. The number of phosphoric acid groups is 2. The first-order valence-corrected chi connectivity index (χ1v) is 40.6. The summed E-state index contributed by atoms with van der Waals surface area (Å²) in [4.78, 5) is 72.1. The van der Waals surface area contributed by atoms with Crippen LogP contribution in [-0.2, 0) is 65.4 Å². The lowest BCUT2D eigenvalue weighted by Gasteiger charge is -2.21. The van der Waals surface area contributed by atoms with Gasteiger partial charge in [-0.2, -0.15) is 0 Å². The molecule has 0 saturated carbocycles. The number of rotatable bonds is 72. The van der Waals surface area contributed by atoms with Gasteiger partial charge in [0.2, 0.25) is 0 Å². The van der Waals surface area contributed by atoms with Crippen LogP contribution >= 0.6 is 15.6 Å². The average Bonchev–Trinajstić information content (AvgIpc) is 3.73. The van der Waals surface area contributed by atoms with Gasteiger partial charge in [0.25, 0.3) is 0 Å². The highest BCUT2D eigenvalue weighted by Gasteiger charge is 2.30. The number of phosphoric ester groups is 2. The molecule has 0 aliphatic carbocycles. The molecule has 5 atom stereocenters. The third kappa shape index (κ3) is 66.5. The Morgan fingerprint density at radius 2 is 0.505 bits per heavy atom. The summed E-state index contributed by atoms with van der Waals surface area (Å²) in [6.07, 6.45) is 53.5. The molecule has 0 aromatic rings. The molecule has 17 nitrogen and oxygen atoms in total. The van der Waals surface area contributed by atoms with Crippen LogP contribution in [0.25, 0.3) is 0 Å². The fourth-order valence-electron chi connectivity index (χ4n) is 11.0. The normalized spacial score (nSPS) is 14.0. The Hall–Kier alpha value is -1.94. The monoisotopic (exact) mass is 1340 g/mol. The van der Waals surface area contributed by atoms with Gasteiger partial charge in [0.1, 0.15) is 19.3 Å². The molecule has 540 valence electrons. The molecule has 0 spiro atoms. The maximum absolute atomic E-state index is 13.1. The Balaban J connectivity index is 5.07. The van der Waals surface area contributed by atoms with Gasteiger partial charge in [0.15, 0.2) is 12.2 Å². The summed E-state index contributed by atoms with van der Waals surface area (Å²) in [6.45, 7) is 7.16. The first kappa shape index (κ1) is 89.1. The third-order valence-corrected chi connectivity index (χ3v) is 18.7. The Bertz CT molecular complexity index is 1750. The minimum atomic E-state index is -4.95. The van der Waals surface area contributed by atoms with E-state index in [0.29, 0.717) is 25.7 Å². The van der Waals surface area contributed by atoms with Gasteiger partial charge in [-0.1, -0.05) is 324 Å². The van der Waals surface area contributed by atoms with Gasteiger partial charge in [-0.15, -0.1) is 0 Å². The van der Waals surface area contributed by atoms with Crippen LogP contribution in [0.4, 0.5) is 0 Å².